The lowest BCUT2D eigenvalue weighted by atomic mass is 10.2. The molecular formula is C12H18N2O3S. The number of nitrogens with two attached hydrogens (primary N) is 1. The van der Waals surface area contributed by atoms with Gasteiger partial charge in [-0.1, -0.05) is 12.8 Å². The van der Waals surface area contributed by atoms with Crippen LogP contribution in [-0.4, -0.2) is 20.8 Å². The highest BCUT2D eigenvalue weighted by Gasteiger charge is 2.28. The van der Waals surface area contributed by atoms with E-state index >= 15 is 0 Å². The van der Waals surface area contributed by atoms with E-state index in [9.17, 15) is 8.42 Å². The van der Waals surface area contributed by atoms with Gasteiger partial charge in [0.05, 0.1) is 23.7 Å². The van der Waals surface area contributed by atoms with Gasteiger partial charge >= 0.3 is 0 Å². The fourth-order valence-electron chi connectivity index (χ4n) is 2.24. The third-order valence-electron chi connectivity index (χ3n) is 3.23. The summed E-state index contributed by atoms with van der Waals surface area (Å²) in [6.45, 7) is 0. The van der Waals surface area contributed by atoms with E-state index in [1.807, 2.05) is 0 Å². The van der Waals surface area contributed by atoms with Crippen LogP contribution in [0.5, 0.6) is 5.75 Å². The fraction of sp³-hybridized carbons (Fsp3) is 0.500. The summed E-state index contributed by atoms with van der Waals surface area (Å²) >= 11 is 0. The zero-order valence-electron chi connectivity index (χ0n) is 10.3. The largest absolute Gasteiger partial charge is 0.495 e. The van der Waals surface area contributed by atoms with Gasteiger partial charge in [0.2, 0.25) is 10.0 Å². The first kappa shape index (κ1) is 13.0. The summed E-state index contributed by atoms with van der Waals surface area (Å²) in [6.07, 6.45) is 3.44. The average molecular weight is 270 g/mol. The van der Waals surface area contributed by atoms with Crippen LogP contribution in [0.3, 0.4) is 0 Å². The Balaban J connectivity index is 2.16. The lowest BCUT2D eigenvalue weighted by molar-refractivity contribution is 0.417. The Morgan fingerprint density at radius 1 is 1.33 bits per heavy atom. The van der Waals surface area contributed by atoms with E-state index in [-0.39, 0.29) is 5.25 Å². The molecule has 0 spiro atoms. The van der Waals surface area contributed by atoms with E-state index in [0.29, 0.717) is 17.1 Å². The second-order valence-corrected chi connectivity index (χ2v) is 6.47. The second kappa shape index (κ2) is 5.06. The lowest BCUT2D eigenvalue weighted by Crippen LogP contribution is -2.25. The molecular weight excluding hydrogens is 252 g/mol. The Morgan fingerprint density at radius 2 is 2.00 bits per heavy atom. The van der Waals surface area contributed by atoms with E-state index in [2.05, 4.69) is 4.72 Å². The van der Waals surface area contributed by atoms with Gasteiger partial charge in [0, 0.05) is 0 Å². The molecule has 1 aromatic rings. The van der Waals surface area contributed by atoms with E-state index in [0.717, 1.165) is 25.7 Å². The predicted molar refractivity (Wildman–Crippen MR) is 72.2 cm³/mol. The van der Waals surface area contributed by atoms with Crippen molar-refractivity contribution in [3.8, 4) is 5.75 Å². The number of benzene rings is 1. The van der Waals surface area contributed by atoms with Crippen LogP contribution in [0.4, 0.5) is 11.4 Å². The Kier molecular flexibility index (Phi) is 3.65. The molecule has 0 aliphatic heterocycles. The van der Waals surface area contributed by atoms with Gasteiger partial charge in [-0.05, 0) is 31.0 Å². The molecule has 1 saturated carbocycles. The molecule has 100 valence electrons. The summed E-state index contributed by atoms with van der Waals surface area (Å²) < 4.78 is 31.8. The Labute approximate surface area is 107 Å². The fourth-order valence-corrected chi connectivity index (χ4v) is 3.82. The van der Waals surface area contributed by atoms with Gasteiger partial charge in [-0.15, -0.1) is 0 Å². The van der Waals surface area contributed by atoms with Gasteiger partial charge in [-0.2, -0.15) is 0 Å². The Morgan fingerprint density at radius 3 is 2.56 bits per heavy atom. The first-order valence-electron chi connectivity index (χ1n) is 5.98. The van der Waals surface area contributed by atoms with Crippen molar-refractivity contribution in [2.45, 2.75) is 30.9 Å². The van der Waals surface area contributed by atoms with Crippen LogP contribution in [0.2, 0.25) is 0 Å². The molecule has 1 aromatic carbocycles. The number of ether oxygens (including phenoxy) is 1. The molecule has 0 radical (unpaired) electrons. The molecule has 0 amide bonds. The van der Waals surface area contributed by atoms with Crippen molar-refractivity contribution in [2.75, 3.05) is 17.6 Å². The molecule has 0 heterocycles. The molecule has 0 unspecified atom stereocenters. The summed E-state index contributed by atoms with van der Waals surface area (Å²) in [5, 5.41) is -0.277. The van der Waals surface area contributed by atoms with Crippen LogP contribution in [-0.2, 0) is 10.0 Å². The van der Waals surface area contributed by atoms with E-state index < -0.39 is 10.0 Å². The van der Waals surface area contributed by atoms with Gasteiger partial charge < -0.3 is 10.5 Å². The van der Waals surface area contributed by atoms with Crippen molar-refractivity contribution < 1.29 is 13.2 Å². The molecule has 5 nitrogen and oxygen atoms in total. The molecule has 1 aliphatic carbocycles. The maximum Gasteiger partial charge on any atom is 0.235 e. The lowest BCUT2D eigenvalue weighted by Gasteiger charge is -2.14. The highest BCUT2D eigenvalue weighted by Crippen LogP contribution is 2.29. The topological polar surface area (TPSA) is 81.4 Å². The molecule has 6 heteroatoms. The number of methoxy groups -OCH3 is 1. The van der Waals surface area contributed by atoms with Crippen molar-refractivity contribution in [1.29, 1.82) is 0 Å². The number of anilines is 2. The maximum absolute atomic E-state index is 12.1. The zero-order chi connectivity index (χ0) is 13.2. The van der Waals surface area contributed by atoms with E-state index in [1.165, 1.54) is 7.11 Å². The minimum atomic E-state index is -3.30. The van der Waals surface area contributed by atoms with Crippen molar-refractivity contribution in [2.24, 2.45) is 0 Å². The Bertz CT molecular complexity index is 522. The molecule has 1 fully saturated rings. The quantitative estimate of drug-likeness (QED) is 0.819. The summed E-state index contributed by atoms with van der Waals surface area (Å²) in [6, 6.07) is 4.88. The SMILES string of the molecule is COc1ccc(NS(=O)(=O)C2CCCC2)cc1N. The van der Waals surface area contributed by atoms with Crippen molar-refractivity contribution in [1.82, 2.24) is 0 Å². The Hall–Kier alpha value is -1.43. The average Bonchev–Trinajstić information content (AvgIpc) is 2.82. The highest BCUT2D eigenvalue weighted by atomic mass is 32.2. The van der Waals surface area contributed by atoms with Crippen LogP contribution in [0.15, 0.2) is 18.2 Å². The molecule has 18 heavy (non-hydrogen) atoms. The zero-order valence-corrected chi connectivity index (χ0v) is 11.2. The summed E-state index contributed by atoms with van der Waals surface area (Å²) in [5.74, 6) is 0.541. The number of hydrogen-bond acceptors (Lipinski definition) is 4. The number of nitrogen functional groups attached to an aromatic ring is 1. The van der Waals surface area contributed by atoms with Crippen LogP contribution >= 0.6 is 0 Å². The molecule has 1 aliphatic rings. The number of sulfonamides is 1. The smallest absolute Gasteiger partial charge is 0.235 e. The van der Waals surface area contributed by atoms with Crippen LogP contribution in [0, 0.1) is 0 Å². The number of rotatable bonds is 4. The van der Waals surface area contributed by atoms with Gasteiger partial charge in [0.25, 0.3) is 0 Å². The van der Waals surface area contributed by atoms with Gasteiger partial charge in [-0.25, -0.2) is 8.42 Å². The molecule has 0 bridgehead atoms. The van der Waals surface area contributed by atoms with Crippen molar-refractivity contribution in [3.05, 3.63) is 18.2 Å². The van der Waals surface area contributed by atoms with E-state index in [4.69, 9.17) is 10.5 Å². The molecule has 0 saturated heterocycles. The standard InChI is InChI=1S/C12H18N2O3S/c1-17-12-7-6-9(8-11(12)13)14-18(15,16)10-4-2-3-5-10/h6-8,10,14H,2-5,13H2,1H3. The normalized spacial score (nSPS) is 16.7. The maximum atomic E-state index is 12.1. The highest BCUT2D eigenvalue weighted by molar-refractivity contribution is 7.93. The molecule has 3 N–H and O–H groups in total. The third-order valence-corrected chi connectivity index (χ3v) is 5.10. The van der Waals surface area contributed by atoms with Crippen LogP contribution < -0.4 is 15.2 Å². The molecule has 0 aromatic heterocycles. The minimum Gasteiger partial charge on any atom is -0.495 e. The van der Waals surface area contributed by atoms with E-state index in [1.54, 1.807) is 18.2 Å². The van der Waals surface area contributed by atoms with Crippen LogP contribution in [0.25, 0.3) is 0 Å². The first-order valence-corrected chi connectivity index (χ1v) is 7.53. The minimum absolute atomic E-state index is 0.277. The molecule has 0 atom stereocenters. The van der Waals surface area contributed by atoms with Crippen LogP contribution in [0.1, 0.15) is 25.7 Å². The van der Waals surface area contributed by atoms with Gasteiger partial charge in [-0.3, -0.25) is 4.72 Å². The van der Waals surface area contributed by atoms with Gasteiger partial charge in [0.15, 0.2) is 0 Å². The number of nitrogens with one attached hydrogen (secondary N) is 1. The summed E-state index contributed by atoms with van der Waals surface area (Å²) in [7, 11) is -1.77. The van der Waals surface area contributed by atoms with Crippen molar-refractivity contribution in [3.63, 3.8) is 0 Å². The first-order chi connectivity index (χ1) is 8.53. The van der Waals surface area contributed by atoms with Gasteiger partial charge in [0.1, 0.15) is 5.75 Å². The predicted octanol–water partition coefficient (Wildman–Crippen LogP) is 1.96. The second-order valence-electron chi connectivity index (χ2n) is 4.51. The third kappa shape index (κ3) is 2.69. The van der Waals surface area contributed by atoms with Crippen molar-refractivity contribution >= 4 is 21.4 Å². The summed E-state index contributed by atoms with van der Waals surface area (Å²) in [4.78, 5) is 0. The number of hydrogen-bond donors (Lipinski definition) is 2. The monoisotopic (exact) mass is 270 g/mol. The summed E-state index contributed by atoms with van der Waals surface area (Å²) in [5.41, 5.74) is 6.65. The molecule has 2 rings (SSSR count).